The molecule has 1 aliphatic heterocycles. The van der Waals surface area contributed by atoms with E-state index >= 15 is 0 Å². The largest absolute Gasteiger partial charge is 0.356 e. The first-order valence-corrected chi connectivity index (χ1v) is 5.84. The maximum Gasteiger partial charge on any atom is 0.207 e. The monoisotopic (exact) mass is 196 g/mol. The van der Waals surface area contributed by atoms with Crippen molar-refractivity contribution in [1.82, 2.24) is 10.2 Å². The van der Waals surface area contributed by atoms with E-state index in [1.807, 2.05) is 0 Å². The van der Waals surface area contributed by atoms with Gasteiger partial charge in [-0.2, -0.15) is 0 Å². The second-order valence-electron chi connectivity index (χ2n) is 4.53. The summed E-state index contributed by atoms with van der Waals surface area (Å²) >= 11 is 0. The average molecular weight is 196 g/mol. The second-order valence-corrected chi connectivity index (χ2v) is 4.53. The predicted octanol–water partition coefficient (Wildman–Crippen LogP) is 1.14. The molecule has 1 saturated carbocycles. The summed E-state index contributed by atoms with van der Waals surface area (Å²) in [5.41, 5.74) is 0. The lowest BCUT2D eigenvalue weighted by Crippen LogP contribution is -2.45. The van der Waals surface area contributed by atoms with Crippen molar-refractivity contribution in [3.63, 3.8) is 0 Å². The van der Waals surface area contributed by atoms with Crippen molar-refractivity contribution in [2.45, 2.75) is 50.6 Å². The summed E-state index contributed by atoms with van der Waals surface area (Å²) in [7, 11) is 0. The molecule has 14 heavy (non-hydrogen) atoms. The summed E-state index contributed by atoms with van der Waals surface area (Å²) < 4.78 is 0. The van der Waals surface area contributed by atoms with E-state index in [4.69, 9.17) is 0 Å². The Kier molecular flexibility index (Phi) is 3.40. The maximum atomic E-state index is 10.3. The molecule has 1 N–H and O–H groups in total. The third kappa shape index (κ3) is 2.27. The van der Waals surface area contributed by atoms with Crippen molar-refractivity contribution >= 4 is 6.41 Å². The van der Waals surface area contributed by atoms with Crippen LogP contribution in [-0.4, -0.2) is 36.5 Å². The predicted molar refractivity (Wildman–Crippen MR) is 56.1 cm³/mol. The topological polar surface area (TPSA) is 32.3 Å². The number of nitrogens with one attached hydrogen (secondary N) is 1. The Balaban J connectivity index is 1.74. The molecule has 2 rings (SSSR count). The maximum absolute atomic E-state index is 10.3. The van der Waals surface area contributed by atoms with E-state index in [0.717, 1.165) is 25.3 Å². The van der Waals surface area contributed by atoms with Gasteiger partial charge in [-0.15, -0.1) is 0 Å². The third-order valence-corrected chi connectivity index (χ3v) is 3.67. The van der Waals surface area contributed by atoms with Gasteiger partial charge in [-0.1, -0.05) is 12.8 Å². The van der Waals surface area contributed by atoms with Gasteiger partial charge in [-0.05, 0) is 25.7 Å². The van der Waals surface area contributed by atoms with Crippen LogP contribution in [0.5, 0.6) is 0 Å². The van der Waals surface area contributed by atoms with E-state index in [9.17, 15) is 4.79 Å². The van der Waals surface area contributed by atoms with E-state index in [-0.39, 0.29) is 0 Å². The lowest BCUT2D eigenvalue weighted by atomic mass is 10.0. The van der Waals surface area contributed by atoms with E-state index in [1.54, 1.807) is 0 Å². The Morgan fingerprint density at radius 1 is 1.07 bits per heavy atom. The van der Waals surface area contributed by atoms with Crippen LogP contribution in [0.25, 0.3) is 0 Å². The zero-order valence-corrected chi connectivity index (χ0v) is 8.74. The van der Waals surface area contributed by atoms with Crippen LogP contribution >= 0.6 is 0 Å². The number of likely N-dealkylation sites (tertiary alicyclic amines) is 1. The van der Waals surface area contributed by atoms with Crippen molar-refractivity contribution in [3.05, 3.63) is 0 Å². The van der Waals surface area contributed by atoms with Gasteiger partial charge in [0.1, 0.15) is 0 Å². The Labute approximate surface area is 85.8 Å². The quantitative estimate of drug-likeness (QED) is 0.686. The van der Waals surface area contributed by atoms with E-state index in [0.29, 0.717) is 6.04 Å². The molecule has 80 valence electrons. The zero-order chi connectivity index (χ0) is 9.80. The molecule has 2 fully saturated rings. The first-order valence-electron chi connectivity index (χ1n) is 5.84. The van der Waals surface area contributed by atoms with Gasteiger partial charge in [0.25, 0.3) is 0 Å². The van der Waals surface area contributed by atoms with Gasteiger partial charge in [0.2, 0.25) is 6.41 Å². The molecule has 1 amide bonds. The highest BCUT2D eigenvalue weighted by Crippen LogP contribution is 2.25. The molecule has 3 heteroatoms. The molecule has 3 nitrogen and oxygen atoms in total. The highest BCUT2D eigenvalue weighted by Gasteiger charge is 2.26. The highest BCUT2D eigenvalue weighted by atomic mass is 16.1. The fourth-order valence-electron chi connectivity index (χ4n) is 2.80. The highest BCUT2D eigenvalue weighted by molar-refractivity contribution is 5.46. The smallest absolute Gasteiger partial charge is 0.207 e. The van der Waals surface area contributed by atoms with Crippen molar-refractivity contribution in [2.75, 3.05) is 13.1 Å². The molecule has 0 aromatic rings. The van der Waals surface area contributed by atoms with Gasteiger partial charge in [0.15, 0.2) is 0 Å². The van der Waals surface area contributed by atoms with Gasteiger partial charge in [0.05, 0.1) is 0 Å². The summed E-state index contributed by atoms with van der Waals surface area (Å²) in [6, 6.07) is 1.29. The molecular formula is C11H20N2O. The van der Waals surface area contributed by atoms with Crippen LogP contribution in [0.4, 0.5) is 0 Å². The minimum absolute atomic E-state index is 0.435. The summed E-state index contributed by atoms with van der Waals surface area (Å²) in [4.78, 5) is 12.9. The van der Waals surface area contributed by atoms with Crippen LogP contribution in [-0.2, 0) is 4.79 Å². The Morgan fingerprint density at radius 2 is 1.71 bits per heavy atom. The van der Waals surface area contributed by atoms with Gasteiger partial charge >= 0.3 is 0 Å². The number of rotatable bonds is 3. The first-order chi connectivity index (χ1) is 6.90. The molecule has 0 unspecified atom stereocenters. The number of carbonyl (C=O) groups excluding carboxylic acids is 1. The average Bonchev–Trinajstić information content (AvgIpc) is 2.72. The van der Waals surface area contributed by atoms with E-state index in [1.165, 1.54) is 38.8 Å². The van der Waals surface area contributed by atoms with Crippen molar-refractivity contribution in [2.24, 2.45) is 0 Å². The van der Waals surface area contributed by atoms with Crippen LogP contribution in [0.1, 0.15) is 38.5 Å². The molecular weight excluding hydrogens is 176 g/mol. The Hall–Kier alpha value is -0.570. The standard InChI is InChI=1S/C11H20N2O/c14-9-12-10-5-7-13(8-6-10)11-3-1-2-4-11/h9-11H,1-8H2,(H,12,14). The fraction of sp³-hybridized carbons (Fsp3) is 0.909. The summed E-state index contributed by atoms with van der Waals surface area (Å²) in [5.74, 6) is 0. The summed E-state index contributed by atoms with van der Waals surface area (Å²) in [5, 5.41) is 2.89. The number of hydrogen-bond donors (Lipinski definition) is 1. The summed E-state index contributed by atoms with van der Waals surface area (Å²) in [6.45, 7) is 2.35. The number of piperidine rings is 1. The van der Waals surface area contributed by atoms with Crippen LogP contribution in [0.3, 0.4) is 0 Å². The zero-order valence-electron chi connectivity index (χ0n) is 8.74. The van der Waals surface area contributed by atoms with Gasteiger partial charge in [-0.3, -0.25) is 4.79 Å². The molecule has 1 aliphatic carbocycles. The Bertz CT molecular complexity index is 182. The number of hydrogen-bond acceptors (Lipinski definition) is 2. The molecule has 2 aliphatic rings. The van der Waals surface area contributed by atoms with Crippen molar-refractivity contribution in [1.29, 1.82) is 0 Å². The number of nitrogens with zero attached hydrogens (tertiary/aromatic N) is 1. The number of carbonyl (C=O) groups is 1. The van der Waals surface area contributed by atoms with Crippen molar-refractivity contribution < 1.29 is 4.79 Å². The van der Waals surface area contributed by atoms with Crippen LogP contribution < -0.4 is 5.32 Å². The van der Waals surface area contributed by atoms with Crippen LogP contribution in [0.15, 0.2) is 0 Å². The minimum atomic E-state index is 0.435. The molecule has 1 heterocycles. The van der Waals surface area contributed by atoms with Crippen LogP contribution in [0, 0.1) is 0 Å². The van der Waals surface area contributed by atoms with Crippen molar-refractivity contribution in [3.8, 4) is 0 Å². The minimum Gasteiger partial charge on any atom is -0.356 e. The van der Waals surface area contributed by atoms with E-state index in [2.05, 4.69) is 10.2 Å². The van der Waals surface area contributed by atoms with Gasteiger partial charge in [0, 0.05) is 25.2 Å². The molecule has 0 aromatic heterocycles. The van der Waals surface area contributed by atoms with Crippen LogP contribution in [0.2, 0.25) is 0 Å². The molecule has 0 spiro atoms. The molecule has 0 bridgehead atoms. The molecule has 0 aromatic carbocycles. The second kappa shape index (κ2) is 4.78. The van der Waals surface area contributed by atoms with Gasteiger partial charge in [-0.25, -0.2) is 0 Å². The van der Waals surface area contributed by atoms with E-state index < -0.39 is 0 Å². The normalized spacial score (nSPS) is 26.6. The summed E-state index contributed by atoms with van der Waals surface area (Å²) in [6.07, 6.45) is 8.73. The molecule has 0 radical (unpaired) electrons. The molecule has 0 atom stereocenters. The fourth-order valence-corrected chi connectivity index (χ4v) is 2.80. The lowest BCUT2D eigenvalue weighted by molar-refractivity contribution is -0.110. The van der Waals surface area contributed by atoms with Gasteiger partial charge < -0.3 is 10.2 Å². The Morgan fingerprint density at radius 3 is 2.29 bits per heavy atom. The third-order valence-electron chi connectivity index (χ3n) is 3.67. The lowest BCUT2D eigenvalue weighted by Gasteiger charge is -2.35. The molecule has 1 saturated heterocycles. The number of amides is 1. The first kappa shape index (κ1) is 9.97. The SMILES string of the molecule is O=CNC1CCN(C2CCCC2)CC1.